The maximum atomic E-state index is 13.9. The minimum atomic E-state index is -0.422. The van der Waals surface area contributed by atoms with Gasteiger partial charge in [0.1, 0.15) is 5.82 Å². The molecule has 1 atom stereocenters. The van der Waals surface area contributed by atoms with E-state index in [1.54, 1.807) is 29.8 Å². The van der Waals surface area contributed by atoms with Crippen LogP contribution in [0.2, 0.25) is 5.02 Å². The van der Waals surface area contributed by atoms with Gasteiger partial charge in [0.25, 0.3) is 0 Å². The van der Waals surface area contributed by atoms with E-state index in [9.17, 15) is 9.18 Å². The highest BCUT2D eigenvalue weighted by atomic mass is 35.5. The van der Waals surface area contributed by atoms with Crippen LogP contribution in [0.25, 0.3) is 10.2 Å². The maximum Gasteiger partial charge on any atom is 0.239 e. The largest absolute Gasteiger partial charge is 0.301 e. The number of carbonyl (C=O) groups excluding carboxylic acids is 1. The number of aliphatic imine (C=N–C) groups is 1. The van der Waals surface area contributed by atoms with Crippen molar-refractivity contribution in [2.24, 2.45) is 4.99 Å². The van der Waals surface area contributed by atoms with Crippen LogP contribution in [0.5, 0.6) is 0 Å². The van der Waals surface area contributed by atoms with E-state index in [0.29, 0.717) is 15.8 Å². The Morgan fingerprint density at radius 3 is 3.00 bits per heavy atom. The van der Waals surface area contributed by atoms with Crippen molar-refractivity contribution in [3.8, 4) is 0 Å². The number of anilines is 1. The Balaban J connectivity index is 1.48. The molecule has 1 unspecified atom stereocenters. The third-order valence-corrected chi connectivity index (χ3v) is 7.23. The predicted molar refractivity (Wildman–Crippen MR) is 124 cm³/mol. The summed E-state index contributed by atoms with van der Waals surface area (Å²) < 4.78 is 15.6. The van der Waals surface area contributed by atoms with Crippen molar-refractivity contribution >= 4 is 79.2 Å². The van der Waals surface area contributed by atoms with E-state index in [0.717, 1.165) is 14.6 Å². The molecular weight excluding hydrogens is 463 g/mol. The van der Waals surface area contributed by atoms with Crippen molar-refractivity contribution in [3.05, 3.63) is 64.4 Å². The van der Waals surface area contributed by atoms with Crippen LogP contribution in [0.4, 0.5) is 15.2 Å². The molecule has 30 heavy (non-hydrogen) atoms. The van der Waals surface area contributed by atoms with Gasteiger partial charge in [-0.25, -0.2) is 14.4 Å². The average Bonchev–Trinajstić information content (AvgIpc) is 3.36. The first-order chi connectivity index (χ1) is 14.5. The molecule has 0 fully saturated rings. The normalized spacial score (nSPS) is 12.5. The topological polar surface area (TPSA) is 67.2 Å². The van der Waals surface area contributed by atoms with Gasteiger partial charge in [-0.05, 0) is 37.3 Å². The molecule has 4 aromatic rings. The molecule has 0 saturated heterocycles. The Kier molecular flexibility index (Phi) is 6.43. The molecule has 152 valence electrons. The molecule has 0 aliphatic rings. The van der Waals surface area contributed by atoms with Crippen LogP contribution in [-0.4, -0.2) is 27.3 Å². The standard InChI is InChI=1S/C20H14ClFN4OS3/c1-11(18(27)26-19-23-7-8-28-19)29-20-25-16-6-5-12(9-17(16)30-20)24-10-13-14(21)3-2-4-15(13)22/h2-11H,1H3,(H,23,26,27). The number of thioether (sulfide) groups is 1. The highest BCUT2D eigenvalue weighted by Crippen LogP contribution is 2.34. The predicted octanol–water partition coefficient (Wildman–Crippen LogP) is 6.42. The summed E-state index contributed by atoms with van der Waals surface area (Å²) in [7, 11) is 0. The zero-order valence-electron chi connectivity index (χ0n) is 15.5. The van der Waals surface area contributed by atoms with E-state index in [4.69, 9.17) is 11.6 Å². The number of nitrogens with zero attached hydrogens (tertiary/aromatic N) is 3. The van der Waals surface area contributed by atoms with Gasteiger partial charge in [-0.15, -0.1) is 22.7 Å². The van der Waals surface area contributed by atoms with Crippen molar-refractivity contribution < 1.29 is 9.18 Å². The average molecular weight is 477 g/mol. The van der Waals surface area contributed by atoms with Crippen molar-refractivity contribution in [1.82, 2.24) is 9.97 Å². The minimum Gasteiger partial charge on any atom is -0.301 e. The second-order valence-corrected chi connectivity index (χ2v) is 10.0. The second-order valence-electron chi connectivity index (χ2n) is 6.11. The number of halogens is 2. The van der Waals surface area contributed by atoms with Crippen LogP contribution in [0.1, 0.15) is 12.5 Å². The smallest absolute Gasteiger partial charge is 0.239 e. The highest BCUT2D eigenvalue weighted by molar-refractivity contribution is 8.02. The van der Waals surface area contributed by atoms with E-state index in [2.05, 4.69) is 20.3 Å². The number of aromatic nitrogens is 2. The molecule has 2 aromatic carbocycles. The fourth-order valence-electron chi connectivity index (χ4n) is 2.49. The summed E-state index contributed by atoms with van der Waals surface area (Å²) >= 11 is 10.3. The number of hydrogen-bond acceptors (Lipinski definition) is 7. The SMILES string of the molecule is CC(Sc1nc2ccc(N=Cc3c(F)cccc3Cl)cc2s1)C(=O)Nc1nccs1. The monoisotopic (exact) mass is 476 g/mol. The van der Waals surface area contributed by atoms with E-state index in [-0.39, 0.29) is 16.7 Å². The summed E-state index contributed by atoms with van der Waals surface area (Å²) in [6, 6.07) is 10.0. The van der Waals surface area contributed by atoms with Crippen molar-refractivity contribution in [2.45, 2.75) is 16.5 Å². The Morgan fingerprint density at radius 2 is 2.23 bits per heavy atom. The van der Waals surface area contributed by atoms with Crippen LogP contribution in [0, 0.1) is 5.82 Å². The minimum absolute atomic E-state index is 0.124. The van der Waals surface area contributed by atoms with E-state index < -0.39 is 5.82 Å². The first-order valence-electron chi connectivity index (χ1n) is 8.75. The van der Waals surface area contributed by atoms with Gasteiger partial charge in [0.2, 0.25) is 5.91 Å². The molecule has 10 heteroatoms. The third kappa shape index (κ3) is 4.86. The van der Waals surface area contributed by atoms with Crippen LogP contribution >= 0.6 is 46.0 Å². The van der Waals surface area contributed by atoms with Crippen molar-refractivity contribution in [3.63, 3.8) is 0 Å². The number of rotatable bonds is 6. The number of nitrogens with one attached hydrogen (secondary N) is 1. The number of hydrogen-bond donors (Lipinski definition) is 1. The van der Waals surface area contributed by atoms with Crippen LogP contribution in [0.3, 0.4) is 0 Å². The number of amides is 1. The Labute approximate surface area is 189 Å². The van der Waals surface area contributed by atoms with Crippen LogP contribution < -0.4 is 5.32 Å². The fourth-order valence-corrected chi connectivity index (χ4v) is 5.48. The lowest BCUT2D eigenvalue weighted by atomic mass is 10.2. The second kappa shape index (κ2) is 9.22. The Morgan fingerprint density at radius 1 is 1.37 bits per heavy atom. The summed E-state index contributed by atoms with van der Waals surface area (Å²) in [5, 5.41) is 5.16. The zero-order chi connectivity index (χ0) is 21.1. The number of fused-ring (bicyclic) bond motifs is 1. The first-order valence-corrected chi connectivity index (χ1v) is 11.7. The molecule has 0 bridgehead atoms. The van der Waals surface area contributed by atoms with Gasteiger partial charge >= 0.3 is 0 Å². The highest BCUT2D eigenvalue weighted by Gasteiger charge is 2.18. The fraction of sp³-hybridized carbons (Fsp3) is 0.100. The molecule has 5 nitrogen and oxygen atoms in total. The number of carbonyl (C=O) groups is 1. The molecule has 2 heterocycles. The molecule has 1 amide bonds. The van der Waals surface area contributed by atoms with E-state index >= 15 is 0 Å². The summed E-state index contributed by atoms with van der Waals surface area (Å²) in [5.41, 5.74) is 1.73. The molecule has 0 saturated carbocycles. The van der Waals surface area contributed by atoms with Gasteiger partial charge in [-0.3, -0.25) is 9.79 Å². The van der Waals surface area contributed by atoms with Gasteiger partial charge in [0, 0.05) is 23.4 Å². The molecule has 4 rings (SSSR count). The molecule has 2 aromatic heterocycles. The Hall–Kier alpha value is -2.33. The van der Waals surface area contributed by atoms with Crippen molar-refractivity contribution in [2.75, 3.05) is 5.32 Å². The first kappa shape index (κ1) is 20.9. The van der Waals surface area contributed by atoms with Crippen molar-refractivity contribution in [1.29, 1.82) is 0 Å². The van der Waals surface area contributed by atoms with E-state index in [1.165, 1.54) is 46.7 Å². The lowest BCUT2D eigenvalue weighted by Crippen LogP contribution is -2.22. The van der Waals surface area contributed by atoms with Gasteiger partial charge < -0.3 is 5.32 Å². The molecule has 0 spiro atoms. The third-order valence-electron chi connectivity index (χ3n) is 4.00. The van der Waals surface area contributed by atoms with Gasteiger partial charge in [0.15, 0.2) is 9.47 Å². The lowest BCUT2D eigenvalue weighted by molar-refractivity contribution is -0.115. The molecule has 0 aliphatic heterocycles. The van der Waals surface area contributed by atoms with Crippen LogP contribution in [-0.2, 0) is 4.79 Å². The lowest BCUT2D eigenvalue weighted by Gasteiger charge is -2.07. The summed E-state index contributed by atoms with van der Waals surface area (Å²) in [4.78, 5) is 25.3. The van der Waals surface area contributed by atoms with Gasteiger partial charge in [0.05, 0.1) is 26.2 Å². The zero-order valence-corrected chi connectivity index (χ0v) is 18.7. The van der Waals surface area contributed by atoms with Gasteiger partial charge in [-0.1, -0.05) is 29.4 Å². The summed E-state index contributed by atoms with van der Waals surface area (Å²) in [6.07, 6.45) is 3.06. The quantitative estimate of drug-likeness (QED) is 0.257. The molecule has 1 N–H and O–H groups in total. The summed E-state index contributed by atoms with van der Waals surface area (Å²) in [5.74, 6) is -0.546. The molecule has 0 aliphatic carbocycles. The number of benzene rings is 2. The molecule has 0 radical (unpaired) electrons. The Bertz CT molecular complexity index is 1210. The number of thiazole rings is 2. The summed E-state index contributed by atoms with van der Waals surface area (Å²) in [6.45, 7) is 1.83. The van der Waals surface area contributed by atoms with Crippen LogP contribution in [0.15, 0.2) is 57.3 Å². The van der Waals surface area contributed by atoms with Gasteiger partial charge in [-0.2, -0.15) is 0 Å². The maximum absolute atomic E-state index is 13.9. The molecular formula is C20H14ClFN4OS3. The van der Waals surface area contributed by atoms with E-state index in [1.807, 2.05) is 19.1 Å².